The molecule has 21 heavy (non-hydrogen) atoms. The minimum absolute atomic E-state index is 0.526. The summed E-state index contributed by atoms with van der Waals surface area (Å²) in [6.07, 6.45) is 0.110. The third kappa shape index (κ3) is 2.54. The Morgan fingerprint density at radius 2 is 2.14 bits per heavy atom. The molecule has 0 amide bonds. The van der Waals surface area contributed by atoms with Gasteiger partial charge < -0.3 is 14.6 Å². The highest BCUT2D eigenvalue weighted by atomic mass is 16.5. The number of aromatic nitrogens is 2. The lowest BCUT2D eigenvalue weighted by molar-refractivity contribution is 0.107. The molecule has 0 saturated heterocycles. The van der Waals surface area contributed by atoms with Gasteiger partial charge in [-0.15, -0.1) is 0 Å². The second-order valence-electron chi connectivity index (χ2n) is 5.10. The van der Waals surface area contributed by atoms with Crippen LogP contribution in [-0.4, -0.2) is 28.6 Å². The number of rotatable bonds is 4. The number of aryl methyl sites for hydroxylation is 1. The fraction of sp³-hybridized carbons (Fsp3) is 0.438. The van der Waals surface area contributed by atoms with Gasteiger partial charge >= 0.3 is 0 Å². The van der Waals surface area contributed by atoms with Crippen molar-refractivity contribution < 1.29 is 14.6 Å². The van der Waals surface area contributed by atoms with Crippen molar-refractivity contribution >= 4 is 0 Å². The van der Waals surface area contributed by atoms with Gasteiger partial charge in [0.15, 0.2) is 0 Å². The molecule has 1 aliphatic rings. The first-order valence-electron chi connectivity index (χ1n) is 7.22. The van der Waals surface area contributed by atoms with E-state index in [-0.39, 0.29) is 0 Å². The average Bonchev–Trinajstić information content (AvgIpc) is 2.92. The number of hydrogen-bond donors (Lipinski definition) is 1. The van der Waals surface area contributed by atoms with Crippen LogP contribution < -0.4 is 4.74 Å². The first-order chi connectivity index (χ1) is 10.2. The summed E-state index contributed by atoms with van der Waals surface area (Å²) >= 11 is 0. The van der Waals surface area contributed by atoms with E-state index in [0.717, 1.165) is 41.2 Å². The van der Waals surface area contributed by atoms with Crippen LogP contribution in [0.5, 0.6) is 5.75 Å². The van der Waals surface area contributed by atoms with Gasteiger partial charge in [0, 0.05) is 18.5 Å². The molecule has 0 saturated carbocycles. The molecule has 1 atom stereocenters. The molecule has 0 fully saturated rings. The second kappa shape index (κ2) is 5.87. The highest BCUT2D eigenvalue weighted by Gasteiger charge is 2.26. The summed E-state index contributed by atoms with van der Waals surface area (Å²) in [4.78, 5) is 0. The van der Waals surface area contributed by atoms with Gasteiger partial charge in [-0.3, -0.25) is 4.68 Å². The second-order valence-corrected chi connectivity index (χ2v) is 5.10. The summed E-state index contributed by atoms with van der Waals surface area (Å²) in [5.41, 5.74) is 3.76. The zero-order valence-electron chi connectivity index (χ0n) is 12.4. The summed E-state index contributed by atoms with van der Waals surface area (Å²) in [5.74, 6) is 0.778. The minimum atomic E-state index is -0.700. The maximum Gasteiger partial charge on any atom is 0.121 e. The Morgan fingerprint density at radius 1 is 1.38 bits per heavy atom. The van der Waals surface area contributed by atoms with Crippen molar-refractivity contribution in [2.75, 3.05) is 13.7 Å². The normalized spacial score (nSPS) is 15.6. The van der Waals surface area contributed by atoms with E-state index in [2.05, 4.69) is 5.10 Å². The van der Waals surface area contributed by atoms with Crippen LogP contribution in [0.15, 0.2) is 24.3 Å². The largest absolute Gasteiger partial charge is 0.497 e. The summed E-state index contributed by atoms with van der Waals surface area (Å²) in [6, 6.07) is 7.47. The first-order valence-corrected chi connectivity index (χ1v) is 7.22. The molecular weight excluding hydrogens is 268 g/mol. The molecule has 1 unspecified atom stereocenters. The smallest absolute Gasteiger partial charge is 0.121 e. The predicted octanol–water partition coefficient (Wildman–Crippen LogP) is 2.07. The molecular formula is C16H20N2O3. The summed E-state index contributed by atoms with van der Waals surface area (Å²) in [5, 5.41) is 15.4. The molecule has 1 N–H and O–H groups in total. The van der Waals surface area contributed by atoms with Gasteiger partial charge in [-0.2, -0.15) is 5.10 Å². The van der Waals surface area contributed by atoms with Gasteiger partial charge in [-0.25, -0.2) is 0 Å². The fourth-order valence-corrected chi connectivity index (χ4v) is 2.76. The van der Waals surface area contributed by atoms with Crippen LogP contribution >= 0.6 is 0 Å². The fourth-order valence-electron chi connectivity index (χ4n) is 2.76. The molecule has 1 aromatic carbocycles. The van der Waals surface area contributed by atoms with Gasteiger partial charge in [-0.05, 0) is 24.6 Å². The van der Waals surface area contributed by atoms with Crippen molar-refractivity contribution in [3.63, 3.8) is 0 Å². The van der Waals surface area contributed by atoms with Crippen molar-refractivity contribution in [2.45, 2.75) is 32.6 Å². The average molecular weight is 288 g/mol. The van der Waals surface area contributed by atoms with Crippen molar-refractivity contribution in [1.29, 1.82) is 0 Å². The van der Waals surface area contributed by atoms with Gasteiger partial charge in [-0.1, -0.05) is 12.1 Å². The quantitative estimate of drug-likeness (QED) is 0.935. The van der Waals surface area contributed by atoms with Crippen molar-refractivity contribution in [3.8, 4) is 5.75 Å². The van der Waals surface area contributed by atoms with E-state index in [1.165, 1.54) is 0 Å². The van der Waals surface area contributed by atoms with E-state index in [4.69, 9.17) is 9.47 Å². The Morgan fingerprint density at radius 3 is 2.81 bits per heavy atom. The predicted molar refractivity (Wildman–Crippen MR) is 78.3 cm³/mol. The Labute approximate surface area is 124 Å². The maximum atomic E-state index is 10.8. The minimum Gasteiger partial charge on any atom is -0.497 e. The van der Waals surface area contributed by atoms with E-state index in [1.807, 2.05) is 35.9 Å². The van der Waals surface area contributed by atoms with E-state index >= 15 is 0 Å². The molecule has 112 valence electrons. The van der Waals surface area contributed by atoms with Crippen LogP contribution in [0, 0.1) is 0 Å². The van der Waals surface area contributed by atoms with Crippen LogP contribution in [0.25, 0.3) is 0 Å². The summed E-state index contributed by atoms with van der Waals surface area (Å²) in [6.45, 7) is 3.99. The van der Waals surface area contributed by atoms with Crippen molar-refractivity contribution in [2.24, 2.45) is 0 Å². The lowest BCUT2D eigenvalue weighted by Crippen LogP contribution is -2.13. The number of aliphatic hydroxyl groups excluding tert-OH is 1. The van der Waals surface area contributed by atoms with E-state index in [1.54, 1.807) is 7.11 Å². The third-order valence-electron chi connectivity index (χ3n) is 3.90. The zero-order valence-corrected chi connectivity index (χ0v) is 12.4. The third-order valence-corrected chi connectivity index (χ3v) is 3.90. The summed E-state index contributed by atoms with van der Waals surface area (Å²) < 4.78 is 12.6. The monoisotopic (exact) mass is 288 g/mol. The van der Waals surface area contributed by atoms with Crippen LogP contribution in [-0.2, 0) is 24.3 Å². The van der Waals surface area contributed by atoms with Crippen LogP contribution in [0.1, 0.15) is 35.5 Å². The number of nitrogens with zero attached hydrogens (tertiary/aromatic N) is 2. The van der Waals surface area contributed by atoms with Gasteiger partial charge in [0.2, 0.25) is 0 Å². The zero-order chi connectivity index (χ0) is 14.8. The molecule has 0 aliphatic carbocycles. The van der Waals surface area contributed by atoms with Crippen LogP contribution in [0.4, 0.5) is 0 Å². The molecule has 0 radical (unpaired) electrons. The van der Waals surface area contributed by atoms with Gasteiger partial charge in [0.25, 0.3) is 0 Å². The van der Waals surface area contributed by atoms with Crippen LogP contribution in [0.2, 0.25) is 0 Å². The molecule has 1 aliphatic heterocycles. The molecule has 2 aromatic rings. The molecule has 5 heteroatoms. The molecule has 5 nitrogen and oxygen atoms in total. The first kappa shape index (κ1) is 14.1. The highest BCUT2D eigenvalue weighted by Crippen LogP contribution is 2.30. The van der Waals surface area contributed by atoms with Gasteiger partial charge in [0.05, 0.1) is 31.7 Å². The highest BCUT2D eigenvalue weighted by molar-refractivity contribution is 5.37. The topological polar surface area (TPSA) is 56.5 Å². The van der Waals surface area contributed by atoms with E-state index in [0.29, 0.717) is 13.2 Å². The Bertz CT molecular complexity index is 619. The number of hydrogen-bond acceptors (Lipinski definition) is 4. The maximum absolute atomic E-state index is 10.8. The Kier molecular flexibility index (Phi) is 3.94. The van der Waals surface area contributed by atoms with E-state index < -0.39 is 6.10 Å². The van der Waals surface area contributed by atoms with Gasteiger partial charge in [0.1, 0.15) is 11.9 Å². The molecule has 3 rings (SSSR count). The molecule has 0 bridgehead atoms. The molecule has 1 aromatic heterocycles. The number of aliphatic hydroxyl groups is 1. The Hall–Kier alpha value is -1.85. The number of benzene rings is 1. The lowest BCUT2D eigenvalue weighted by atomic mass is 10.0. The molecule has 0 spiro atoms. The lowest BCUT2D eigenvalue weighted by Gasteiger charge is -2.17. The standard InChI is InChI=1S/C16H20N2O3/c1-3-18-15(13-10-21-9-8-14(13)17-18)16(19)11-4-6-12(20-2)7-5-11/h4-7,16,19H,3,8-10H2,1-2H3. The SMILES string of the molecule is CCn1nc2c(c1C(O)c1ccc(OC)cc1)COCC2. The summed E-state index contributed by atoms with van der Waals surface area (Å²) in [7, 11) is 1.63. The Balaban J connectivity index is 1.99. The van der Waals surface area contributed by atoms with E-state index in [9.17, 15) is 5.11 Å². The molecule has 2 heterocycles. The number of fused-ring (bicyclic) bond motifs is 1. The number of ether oxygens (including phenoxy) is 2. The van der Waals surface area contributed by atoms with Crippen molar-refractivity contribution in [1.82, 2.24) is 9.78 Å². The van der Waals surface area contributed by atoms with Crippen molar-refractivity contribution in [3.05, 3.63) is 46.8 Å². The van der Waals surface area contributed by atoms with Crippen LogP contribution in [0.3, 0.4) is 0 Å². The number of methoxy groups -OCH3 is 1.